The lowest BCUT2D eigenvalue weighted by atomic mass is 10.0. The number of aromatic nitrogens is 6. The van der Waals surface area contributed by atoms with Gasteiger partial charge in [0.25, 0.3) is 0 Å². The molecule has 5 heterocycles. The molecule has 4 aromatic heterocycles. The summed E-state index contributed by atoms with van der Waals surface area (Å²) in [5, 5.41) is 8.02. The molecule has 0 spiro atoms. The molecule has 1 aliphatic rings. The van der Waals surface area contributed by atoms with Crippen LogP contribution in [0.2, 0.25) is 0 Å². The molecule has 2 N–H and O–H groups in total. The molecule has 7 rings (SSSR count). The second-order valence-electron chi connectivity index (χ2n) is 11.4. The molecule has 0 atom stereocenters. The Labute approximate surface area is 252 Å². The number of benzene rings is 2. The number of fused-ring (bicyclic) bond motifs is 2. The summed E-state index contributed by atoms with van der Waals surface area (Å²) in [5.41, 5.74) is 5.88. The minimum absolute atomic E-state index is 0.0799. The summed E-state index contributed by atoms with van der Waals surface area (Å²) in [6.45, 7) is 2.89. The van der Waals surface area contributed by atoms with Crippen LogP contribution in [0.15, 0.2) is 61.1 Å². The van der Waals surface area contributed by atoms with Crippen LogP contribution in [-0.2, 0) is 22.8 Å². The Kier molecular flexibility index (Phi) is 7.17. The van der Waals surface area contributed by atoms with Crippen LogP contribution in [0.5, 0.6) is 0 Å². The zero-order valence-electron chi connectivity index (χ0n) is 23.9. The van der Waals surface area contributed by atoms with Crippen LogP contribution in [0, 0.1) is 11.6 Å². The summed E-state index contributed by atoms with van der Waals surface area (Å²) in [6.07, 6.45) is 8.81. The number of aryl methyl sites for hydroxylation is 1. The van der Waals surface area contributed by atoms with E-state index in [0.29, 0.717) is 61.4 Å². The van der Waals surface area contributed by atoms with E-state index in [1.54, 1.807) is 30.6 Å². The molecule has 12 heteroatoms. The van der Waals surface area contributed by atoms with Crippen LogP contribution < -0.4 is 0 Å². The first-order chi connectivity index (χ1) is 21.2. The Hall–Kier alpha value is -4.55. The van der Waals surface area contributed by atoms with Crippen LogP contribution >= 0.6 is 0 Å². The molecule has 0 radical (unpaired) electrons. The van der Waals surface area contributed by atoms with Gasteiger partial charge in [0.15, 0.2) is 11.5 Å². The van der Waals surface area contributed by atoms with Gasteiger partial charge in [-0.25, -0.2) is 27.2 Å². The van der Waals surface area contributed by atoms with Crippen molar-refractivity contribution >= 4 is 31.9 Å². The second-order valence-corrected chi connectivity index (χ2v) is 13.6. The standard InChI is InChI=1S/C32H29F2N7O2S/c1-44(42,43)9-5-19-10-21(13-23(33)12-19)24-4-6-36-31-29(24)37-32(38-31)30-26-14-25(27(34)15-28(26)39-40-30)22-11-20(16-35-17-22)18-41-7-2-3-8-41/h4,6,10-17H,2-3,5,7-9,18H2,1H3,(H,39,40)(H,36,37,38). The van der Waals surface area contributed by atoms with Gasteiger partial charge in [-0.2, -0.15) is 5.10 Å². The molecule has 0 amide bonds. The third-order valence-corrected chi connectivity index (χ3v) is 8.95. The van der Waals surface area contributed by atoms with E-state index in [9.17, 15) is 12.8 Å². The summed E-state index contributed by atoms with van der Waals surface area (Å²) in [7, 11) is -3.21. The smallest absolute Gasteiger partial charge is 0.178 e. The molecule has 1 saturated heterocycles. The van der Waals surface area contributed by atoms with Gasteiger partial charge >= 0.3 is 0 Å². The van der Waals surface area contributed by atoms with Crippen molar-refractivity contribution in [3.8, 4) is 33.8 Å². The van der Waals surface area contributed by atoms with Crippen molar-refractivity contribution in [1.29, 1.82) is 0 Å². The maximum atomic E-state index is 15.4. The molecular weight excluding hydrogens is 584 g/mol. The molecule has 0 bridgehead atoms. The van der Waals surface area contributed by atoms with E-state index >= 15 is 4.39 Å². The van der Waals surface area contributed by atoms with E-state index in [1.165, 1.54) is 31.0 Å². The van der Waals surface area contributed by atoms with Gasteiger partial charge in [-0.1, -0.05) is 6.07 Å². The van der Waals surface area contributed by atoms with Crippen LogP contribution in [0.25, 0.3) is 55.8 Å². The van der Waals surface area contributed by atoms with Gasteiger partial charge in [0.2, 0.25) is 0 Å². The summed E-state index contributed by atoms with van der Waals surface area (Å²) in [4.78, 5) is 19.1. The van der Waals surface area contributed by atoms with Gasteiger partial charge in [-0.15, -0.1) is 0 Å². The van der Waals surface area contributed by atoms with Crippen molar-refractivity contribution in [3.05, 3.63) is 83.8 Å². The number of sulfone groups is 1. The molecule has 0 aliphatic carbocycles. The third kappa shape index (κ3) is 5.70. The van der Waals surface area contributed by atoms with Crippen molar-refractivity contribution in [2.24, 2.45) is 0 Å². The fourth-order valence-corrected chi connectivity index (χ4v) is 6.48. The number of aromatic amines is 2. The number of H-pyrrole nitrogens is 2. The van der Waals surface area contributed by atoms with E-state index in [-0.39, 0.29) is 18.0 Å². The molecule has 224 valence electrons. The molecule has 6 aromatic rings. The Bertz CT molecular complexity index is 2140. The van der Waals surface area contributed by atoms with Crippen molar-refractivity contribution in [1.82, 2.24) is 35.0 Å². The monoisotopic (exact) mass is 613 g/mol. The molecule has 1 fully saturated rings. The fourth-order valence-electron chi connectivity index (χ4n) is 5.88. The number of nitrogens with zero attached hydrogens (tertiary/aromatic N) is 5. The summed E-state index contributed by atoms with van der Waals surface area (Å²) >= 11 is 0. The van der Waals surface area contributed by atoms with Crippen LogP contribution in [0.3, 0.4) is 0 Å². The normalized spacial score (nSPS) is 14.2. The van der Waals surface area contributed by atoms with Crippen molar-refractivity contribution in [2.45, 2.75) is 25.8 Å². The van der Waals surface area contributed by atoms with E-state index in [2.05, 4.69) is 35.0 Å². The highest BCUT2D eigenvalue weighted by Gasteiger charge is 2.19. The number of pyridine rings is 2. The van der Waals surface area contributed by atoms with Gasteiger partial charge in [0, 0.05) is 59.5 Å². The maximum absolute atomic E-state index is 15.4. The minimum atomic E-state index is -3.21. The van der Waals surface area contributed by atoms with Gasteiger partial charge in [0.05, 0.1) is 16.8 Å². The minimum Gasteiger partial charge on any atom is -0.335 e. The SMILES string of the molecule is CS(=O)(=O)CCc1cc(F)cc(-c2ccnc3nc(-c4n[nH]c5cc(F)c(-c6cncc(CN7CCCC7)c6)cc45)[nH]c23)c1. The lowest BCUT2D eigenvalue weighted by Gasteiger charge is -2.15. The highest BCUT2D eigenvalue weighted by atomic mass is 32.2. The quantitative estimate of drug-likeness (QED) is 0.226. The van der Waals surface area contributed by atoms with E-state index in [0.717, 1.165) is 31.5 Å². The molecule has 2 aromatic carbocycles. The molecular formula is C32H29F2N7O2S. The molecule has 44 heavy (non-hydrogen) atoms. The number of likely N-dealkylation sites (tertiary alicyclic amines) is 1. The van der Waals surface area contributed by atoms with Crippen molar-refractivity contribution in [3.63, 3.8) is 0 Å². The summed E-state index contributed by atoms with van der Waals surface area (Å²) < 4.78 is 53.3. The fraction of sp³-hybridized carbons (Fsp3) is 0.250. The van der Waals surface area contributed by atoms with Crippen LogP contribution in [-0.4, -0.2) is 68.5 Å². The van der Waals surface area contributed by atoms with Gasteiger partial charge in [-0.05, 0) is 79.4 Å². The Morgan fingerprint density at radius 2 is 1.77 bits per heavy atom. The highest BCUT2D eigenvalue weighted by molar-refractivity contribution is 7.90. The number of rotatable bonds is 8. The number of hydrogen-bond acceptors (Lipinski definition) is 7. The van der Waals surface area contributed by atoms with Gasteiger partial charge in [0.1, 0.15) is 27.2 Å². The van der Waals surface area contributed by atoms with Crippen LogP contribution in [0.1, 0.15) is 24.0 Å². The molecule has 1 aliphatic heterocycles. The van der Waals surface area contributed by atoms with E-state index < -0.39 is 15.7 Å². The first-order valence-corrected chi connectivity index (χ1v) is 16.4. The summed E-state index contributed by atoms with van der Waals surface area (Å²) in [5.74, 6) is -0.524. The van der Waals surface area contributed by atoms with Gasteiger partial charge in [-0.3, -0.25) is 15.0 Å². The molecule has 0 saturated carbocycles. The lowest BCUT2D eigenvalue weighted by molar-refractivity contribution is 0.331. The number of halogens is 2. The Balaban J connectivity index is 1.26. The molecule has 9 nitrogen and oxygen atoms in total. The zero-order valence-corrected chi connectivity index (χ0v) is 24.8. The lowest BCUT2D eigenvalue weighted by Crippen LogP contribution is -2.18. The second kappa shape index (κ2) is 11.2. The van der Waals surface area contributed by atoms with E-state index in [1.807, 2.05) is 12.3 Å². The predicted octanol–water partition coefficient (Wildman–Crippen LogP) is 5.69. The Morgan fingerprint density at radius 1 is 0.955 bits per heavy atom. The first kappa shape index (κ1) is 28.2. The highest BCUT2D eigenvalue weighted by Crippen LogP contribution is 2.34. The third-order valence-electron chi connectivity index (χ3n) is 8.01. The topological polar surface area (TPSA) is 121 Å². The summed E-state index contributed by atoms with van der Waals surface area (Å²) in [6, 6.07) is 11.4. The van der Waals surface area contributed by atoms with E-state index in [4.69, 9.17) is 0 Å². The van der Waals surface area contributed by atoms with Crippen LogP contribution in [0.4, 0.5) is 8.78 Å². The predicted molar refractivity (Wildman–Crippen MR) is 165 cm³/mol. The number of imidazole rings is 1. The Morgan fingerprint density at radius 3 is 2.59 bits per heavy atom. The number of hydrogen-bond donors (Lipinski definition) is 2. The first-order valence-electron chi connectivity index (χ1n) is 14.4. The molecule has 0 unspecified atom stereocenters. The average molecular weight is 614 g/mol. The zero-order chi connectivity index (χ0) is 30.4. The largest absolute Gasteiger partial charge is 0.335 e. The van der Waals surface area contributed by atoms with Crippen molar-refractivity contribution in [2.75, 3.05) is 25.1 Å². The van der Waals surface area contributed by atoms with Crippen molar-refractivity contribution < 1.29 is 17.2 Å². The van der Waals surface area contributed by atoms with Gasteiger partial charge < -0.3 is 4.98 Å². The average Bonchev–Trinajstić information content (AvgIpc) is 3.75. The number of nitrogens with one attached hydrogen (secondary N) is 2. The maximum Gasteiger partial charge on any atom is 0.178 e.